The van der Waals surface area contributed by atoms with Gasteiger partial charge in [-0.15, -0.1) is 21.5 Å². The summed E-state index contributed by atoms with van der Waals surface area (Å²) in [4.78, 5) is 28.3. The average molecular weight is 441 g/mol. The maximum Gasteiger partial charge on any atom is 0.294 e. The quantitative estimate of drug-likeness (QED) is 0.250. The van der Waals surface area contributed by atoms with Crippen LogP contribution in [-0.4, -0.2) is 68.6 Å². The van der Waals surface area contributed by atoms with Gasteiger partial charge in [0.1, 0.15) is 17.4 Å². The second-order valence-electron chi connectivity index (χ2n) is 5.52. The number of thiophene rings is 1. The Morgan fingerprint density at radius 3 is 2.85 bits per heavy atom. The summed E-state index contributed by atoms with van der Waals surface area (Å²) in [5, 5.41) is 14.7. The lowest BCUT2D eigenvalue weighted by molar-refractivity contribution is -0.758. The fraction of sp³-hybridized carbons (Fsp3) is 0.615. The van der Waals surface area contributed by atoms with Crippen molar-refractivity contribution in [2.75, 3.05) is 40.0 Å². The van der Waals surface area contributed by atoms with E-state index in [4.69, 9.17) is 9.88 Å². The van der Waals surface area contributed by atoms with E-state index in [1.807, 2.05) is 0 Å². The largest absolute Gasteiger partial charge is 0.370 e. The molecular formula is C13H20N4O7S3. The fourth-order valence-electron chi connectivity index (χ4n) is 2.69. The van der Waals surface area contributed by atoms with E-state index >= 15 is 0 Å². The van der Waals surface area contributed by atoms with Gasteiger partial charge >= 0.3 is 0 Å². The monoisotopic (exact) mass is 440 g/mol. The minimum absolute atomic E-state index is 0.110. The molecule has 0 spiro atoms. The minimum atomic E-state index is -3.61. The Morgan fingerprint density at radius 1 is 1.56 bits per heavy atom. The number of fused-ring (bicyclic) bond motifs is 1. The van der Waals surface area contributed by atoms with Crippen LogP contribution in [0.2, 0.25) is 0 Å². The lowest BCUT2D eigenvalue weighted by atomic mass is 10.1. The molecule has 2 heterocycles. The summed E-state index contributed by atoms with van der Waals surface area (Å²) in [6.07, 6.45) is 0. The predicted octanol–water partition coefficient (Wildman–Crippen LogP) is 0.463. The zero-order chi connectivity index (χ0) is 20.2. The molecule has 1 aromatic rings. The van der Waals surface area contributed by atoms with Crippen LogP contribution in [0.5, 0.6) is 0 Å². The summed E-state index contributed by atoms with van der Waals surface area (Å²) in [7, 11) is -2.15. The van der Waals surface area contributed by atoms with Gasteiger partial charge in [-0.3, -0.25) is 9.93 Å². The summed E-state index contributed by atoms with van der Waals surface area (Å²) in [6.45, 7) is 1.56. The number of amides is 1. The highest BCUT2D eigenvalue weighted by atomic mass is 32.3. The molecule has 0 saturated carbocycles. The molecule has 11 nitrogen and oxygen atoms in total. The number of likely N-dealkylation sites (N-methyl/N-ethyl adjacent to an activating group) is 2. The van der Waals surface area contributed by atoms with E-state index in [2.05, 4.69) is 4.84 Å². The van der Waals surface area contributed by atoms with Gasteiger partial charge in [-0.25, -0.2) is 8.42 Å². The number of sulfonamides is 1. The molecule has 0 aliphatic carbocycles. The molecule has 0 fully saturated rings. The van der Waals surface area contributed by atoms with Crippen LogP contribution in [0, 0.1) is 10.1 Å². The van der Waals surface area contributed by atoms with Crippen LogP contribution in [0.15, 0.2) is 14.5 Å². The zero-order valence-electron chi connectivity index (χ0n) is 14.7. The van der Waals surface area contributed by atoms with Gasteiger partial charge in [-0.1, -0.05) is 0 Å². The highest BCUT2D eigenvalue weighted by Gasteiger charge is 2.40. The minimum Gasteiger partial charge on any atom is -0.370 e. The maximum atomic E-state index is 12.6. The number of ether oxygens (including phenoxy) is 1. The maximum absolute atomic E-state index is 12.6. The van der Waals surface area contributed by atoms with Crippen molar-refractivity contribution in [3.05, 3.63) is 21.7 Å². The van der Waals surface area contributed by atoms with Gasteiger partial charge in [0.2, 0.25) is 5.91 Å². The van der Waals surface area contributed by atoms with Gasteiger partial charge in [0.05, 0.1) is 16.9 Å². The van der Waals surface area contributed by atoms with Gasteiger partial charge in [0.25, 0.3) is 15.1 Å². The van der Waals surface area contributed by atoms with E-state index < -0.39 is 21.2 Å². The molecule has 27 heavy (non-hydrogen) atoms. The molecule has 1 aliphatic rings. The number of hydrogen-bond acceptors (Lipinski definition) is 10. The van der Waals surface area contributed by atoms with Gasteiger partial charge in [0, 0.05) is 25.7 Å². The molecule has 2 rings (SSSR count). The number of hydrogen-bond donors (Lipinski definition) is 1. The summed E-state index contributed by atoms with van der Waals surface area (Å²) < 4.78 is 32.3. The van der Waals surface area contributed by atoms with Crippen molar-refractivity contribution in [3.8, 4) is 0 Å². The molecule has 0 bridgehead atoms. The molecule has 1 atom stereocenters. The van der Waals surface area contributed by atoms with Gasteiger partial charge < -0.3 is 14.5 Å². The number of carbonyl (C=O) groups excluding carboxylic acids is 1. The molecule has 0 radical (unpaired) electrons. The van der Waals surface area contributed by atoms with Gasteiger partial charge in [0.15, 0.2) is 0 Å². The van der Waals surface area contributed by atoms with Gasteiger partial charge in [-0.2, -0.15) is 4.31 Å². The van der Waals surface area contributed by atoms with Gasteiger partial charge in [-0.05, 0) is 24.9 Å². The lowest BCUT2D eigenvalue weighted by Gasteiger charge is -2.37. The Bertz CT molecular complexity index is 798. The molecule has 1 aromatic heterocycles. The number of rotatable bonds is 9. The van der Waals surface area contributed by atoms with Crippen LogP contribution >= 0.6 is 23.3 Å². The van der Waals surface area contributed by atoms with E-state index in [-0.39, 0.29) is 36.5 Å². The first-order valence-corrected chi connectivity index (χ1v) is 11.0. The first-order chi connectivity index (χ1) is 12.7. The molecule has 152 valence electrons. The topological polar surface area (TPSA) is 145 Å². The number of nitrogens with zero attached hydrogens (tertiary/aromatic N) is 3. The molecule has 1 amide bonds. The molecular weight excluding hydrogens is 420 g/mol. The Morgan fingerprint density at radius 2 is 2.26 bits per heavy atom. The third kappa shape index (κ3) is 4.89. The number of carbonyl (C=O) groups is 1. The summed E-state index contributed by atoms with van der Waals surface area (Å²) >= 11 is 2.03. The average Bonchev–Trinajstić information content (AvgIpc) is 3.05. The Labute approximate surface area is 164 Å². The highest BCUT2D eigenvalue weighted by molar-refractivity contribution is 7.99. The van der Waals surface area contributed by atoms with Crippen molar-refractivity contribution in [2.24, 2.45) is 5.14 Å². The van der Waals surface area contributed by atoms with Crippen molar-refractivity contribution in [3.63, 3.8) is 0 Å². The third-order valence-corrected chi connectivity index (χ3v) is 8.12. The van der Waals surface area contributed by atoms with E-state index in [1.165, 1.54) is 16.3 Å². The Balaban J connectivity index is 2.15. The van der Waals surface area contributed by atoms with Crippen molar-refractivity contribution >= 4 is 39.2 Å². The fourth-order valence-corrected chi connectivity index (χ4v) is 6.35. The Kier molecular flexibility index (Phi) is 7.41. The first-order valence-electron chi connectivity index (χ1n) is 7.83. The molecule has 0 saturated heterocycles. The van der Waals surface area contributed by atoms with Crippen molar-refractivity contribution in [2.45, 2.75) is 21.4 Å². The predicted molar refractivity (Wildman–Crippen MR) is 98.1 cm³/mol. The molecule has 2 N–H and O–H groups in total. The normalized spacial score (nSPS) is 18.7. The van der Waals surface area contributed by atoms with Crippen molar-refractivity contribution < 1.29 is 27.9 Å². The van der Waals surface area contributed by atoms with Crippen molar-refractivity contribution in [1.29, 1.82) is 0 Å². The molecule has 14 heteroatoms. The van der Waals surface area contributed by atoms with E-state index in [0.717, 1.165) is 23.3 Å². The standard InChI is InChI=1S/C13H20N4O7S3/c1-3-16(11(18)8-23-4-5-24-17(19)20)10-7-15(2)27(21,22)13-9(10)6-12(25-13)26-14/h6,10H,3-5,7-8,14H2,1-2H3. The molecule has 1 unspecified atom stereocenters. The number of nitrogens with two attached hydrogens (primary N) is 1. The summed E-state index contributed by atoms with van der Waals surface area (Å²) in [6, 6.07) is 1.23. The van der Waals surface area contributed by atoms with Crippen LogP contribution in [0.3, 0.4) is 0 Å². The van der Waals surface area contributed by atoms with Crippen LogP contribution in [-0.2, 0) is 24.4 Å². The van der Waals surface area contributed by atoms with Crippen LogP contribution in [0.4, 0.5) is 0 Å². The van der Waals surface area contributed by atoms with Crippen LogP contribution in [0.1, 0.15) is 18.5 Å². The van der Waals surface area contributed by atoms with E-state index in [0.29, 0.717) is 16.3 Å². The molecule has 0 aromatic carbocycles. The second kappa shape index (κ2) is 9.16. The zero-order valence-corrected chi connectivity index (χ0v) is 17.1. The lowest BCUT2D eigenvalue weighted by Crippen LogP contribution is -2.46. The van der Waals surface area contributed by atoms with Crippen LogP contribution < -0.4 is 5.14 Å². The SMILES string of the molecule is CCN(C(=O)COCCO[N+](=O)[O-])C1CN(C)S(=O)(=O)c2sc(SN)cc21. The smallest absolute Gasteiger partial charge is 0.294 e. The first kappa shape index (κ1) is 21.8. The van der Waals surface area contributed by atoms with Crippen LogP contribution in [0.25, 0.3) is 0 Å². The van der Waals surface area contributed by atoms with Crippen molar-refractivity contribution in [1.82, 2.24) is 9.21 Å². The Hall–Kier alpha value is -1.45. The van der Waals surface area contributed by atoms with E-state index in [9.17, 15) is 23.3 Å². The third-order valence-electron chi connectivity index (χ3n) is 3.94. The highest BCUT2D eigenvalue weighted by Crippen LogP contribution is 2.42. The summed E-state index contributed by atoms with van der Waals surface area (Å²) in [5.74, 6) is -0.351. The second-order valence-corrected chi connectivity index (χ2v) is 9.74. The molecule has 1 aliphatic heterocycles. The summed E-state index contributed by atoms with van der Waals surface area (Å²) in [5.41, 5.74) is 0.540. The van der Waals surface area contributed by atoms with E-state index in [1.54, 1.807) is 13.0 Å².